The minimum absolute atomic E-state index is 0.0934. The fraction of sp³-hybridized carbons (Fsp3) is 0.370. The molecule has 0 aliphatic carbocycles. The summed E-state index contributed by atoms with van der Waals surface area (Å²) in [5, 5.41) is 10.4. The zero-order valence-corrected chi connectivity index (χ0v) is 23.1. The molecule has 1 saturated heterocycles. The van der Waals surface area contributed by atoms with Crippen LogP contribution in [0, 0.1) is 0 Å². The number of amides is 2. The Kier molecular flexibility index (Phi) is 6.75. The van der Waals surface area contributed by atoms with E-state index in [9.17, 15) is 18.0 Å². The molecule has 4 heterocycles. The zero-order chi connectivity index (χ0) is 27.9. The summed E-state index contributed by atoms with van der Waals surface area (Å²) in [5.41, 5.74) is 3.36. The Hall–Kier alpha value is -4.06. The van der Waals surface area contributed by atoms with Crippen molar-refractivity contribution < 1.29 is 18.0 Å². The molecule has 5 rings (SSSR count). The maximum Gasteiger partial charge on any atom is 0.257 e. The molecule has 204 valence electrons. The van der Waals surface area contributed by atoms with Crippen molar-refractivity contribution in [3.05, 3.63) is 65.0 Å². The highest BCUT2D eigenvalue weighted by atomic mass is 32.2. The molecule has 0 unspecified atom stereocenters. The number of fused-ring (bicyclic) bond motifs is 1. The van der Waals surface area contributed by atoms with E-state index in [1.54, 1.807) is 31.6 Å². The quantitative estimate of drug-likeness (QED) is 0.430. The van der Waals surface area contributed by atoms with Gasteiger partial charge in [0.05, 0.1) is 11.2 Å². The number of aromatic nitrogens is 3. The molecule has 2 aliphatic rings. The van der Waals surface area contributed by atoms with E-state index in [1.165, 1.54) is 10.2 Å². The van der Waals surface area contributed by atoms with E-state index in [0.717, 1.165) is 17.5 Å². The number of nitrogens with one attached hydrogen (secondary N) is 2. The standard InChI is InChI=1S/C27H31N7O4S/c1-17(2)19-6-8-20(9-7-19)33-15-27(16-33)11-21-24(26(36)31-27)25(30-23(35)14-39(4,37)38)34(32-21)22-10-5-18(12-28-3)13-29-22/h5-10,12-13,17H,11,14-16H2,1-4H3,(H,30,35)(H,31,36)/b28-12+. The summed E-state index contributed by atoms with van der Waals surface area (Å²) in [6.07, 6.45) is 4.68. The van der Waals surface area contributed by atoms with Crippen molar-refractivity contribution in [1.82, 2.24) is 20.1 Å². The van der Waals surface area contributed by atoms with Gasteiger partial charge in [-0.3, -0.25) is 14.6 Å². The van der Waals surface area contributed by atoms with Crippen molar-refractivity contribution in [3.63, 3.8) is 0 Å². The molecule has 11 nitrogen and oxygen atoms in total. The summed E-state index contributed by atoms with van der Waals surface area (Å²) < 4.78 is 24.8. The Bertz CT molecular complexity index is 1550. The number of sulfone groups is 1. The molecule has 2 N–H and O–H groups in total. The van der Waals surface area contributed by atoms with Crippen LogP contribution in [0.15, 0.2) is 47.6 Å². The first kappa shape index (κ1) is 26.5. The molecule has 1 fully saturated rings. The number of hydrogen-bond donors (Lipinski definition) is 2. The lowest BCUT2D eigenvalue weighted by molar-refractivity contribution is -0.113. The van der Waals surface area contributed by atoms with E-state index in [-0.39, 0.29) is 17.3 Å². The van der Waals surface area contributed by atoms with Crippen LogP contribution in [0.25, 0.3) is 5.82 Å². The van der Waals surface area contributed by atoms with Crippen LogP contribution in [0.1, 0.15) is 46.9 Å². The van der Waals surface area contributed by atoms with E-state index in [4.69, 9.17) is 0 Å². The Balaban J connectivity index is 1.45. The van der Waals surface area contributed by atoms with Gasteiger partial charge in [-0.15, -0.1) is 0 Å². The van der Waals surface area contributed by atoms with Gasteiger partial charge < -0.3 is 15.5 Å². The highest BCUT2D eigenvalue weighted by molar-refractivity contribution is 7.91. The summed E-state index contributed by atoms with van der Waals surface area (Å²) in [4.78, 5) is 36.6. The Morgan fingerprint density at radius 2 is 1.92 bits per heavy atom. The molecule has 2 amide bonds. The number of pyridine rings is 1. The molecule has 1 aromatic carbocycles. The first-order chi connectivity index (χ1) is 18.5. The third kappa shape index (κ3) is 5.42. The maximum absolute atomic E-state index is 13.4. The minimum atomic E-state index is -3.58. The topological polar surface area (TPSA) is 139 Å². The van der Waals surface area contributed by atoms with Crippen molar-refractivity contribution in [2.24, 2.45) is 4.99 Å². The lowest BCUT2D eigenvalue weighted by Gasteiger charge is -2.53. The number of rotatable bonds is 7. The molecule has 2 aromatic heterocycles. The summed E-state index contributed by atoms with van der Waals surface area (Å²) in [6.45, 7) is 5.54. The van der Waals surface area contributed by atoms with Crippen LogP contribution in [0.4, 0.5) is 11.5 Å². The molecule has 2 aliphatic heterocycles. The van der Waals surface area contributed by atoms with E-state index >= 15 is 0 Å². The smallest absolute Gasteiger partial charge is 0.257 e. The number of carbonyl (C=O) groups is 2. The third-order valence-corrected chi connectivity index (χ3v) is 7.69. The van der Waals surface area contributed by atoms with Gasteiger partial charge in [0.1, 0.15) is 11.3 Å². The van der Waals surface area contributed by atoms with Gasteiger partial charge in [0.25, 0.3) is 5.91 Å². The van der Waals surface area contributed by atoms with Crippen molar-refractivity contribution in [3.8, 4) is 5.82 Å². The second kappa shape index (κ2) is 9.92. The molecule has 0 bridgehead atoms. The molecule has 3 aromatic rings. The fourth-order valence-electron chi connectivity index (χ4n) is 5.06. The Labute approximate surface area is 227 Å². The van der Waals surface area contributed by atoms with Crippen molar-refractivity contribution >= 4 is 39.4 Å². The molecule has 39 heavy (non-hydrogen) atoms. The average molecular weight is 550 g/mol. The number of aliphatic imine (C=N–C) groups is 1. The van der Waals surface area contributed by atoms with Gasteiger partial charge in [-0.25, -0.2) is 13.4 Å². The summed E-state index contributed by atoms with van der Waals surface area (Å²) in [6, 6.07) is 11.9. The second-order valence-corrected chi connectivity index (χ2v) is 12.7. The van der Waals surface area contributed by atoms with Crippen molar-refractivity contribution in [1.29, 1.82) is 0 Å². The molecule has 1 spiro atoms. The van der Waals surface area contributed by atoms with E-state index in [2.05, 4.69) is 68.7 Å². The van der Waals surface area contributed by atoms with E-state index < -0.39 is 27.0 Å². The normalized spacial score (nSPS) is 16.3. The molecule has 0 atom stereocenters. The van der Waals surface area contributed by atoms with Crippen molar-refractivity contribution in [2.75, 3.05) is 42.4 Å². The van der Waals surface area contributed by atoms with Gasteiger partial charge in [0.2, 0.25) is 5.91 Å². The monoisotopic (exact) mass is 549 g/mol. The summed E-state index contributed by atoms with van der Waals surface area (Å²) in [5.74, 6) is -0.941. The van der Waals surface area contributed by atoms with Crippen LogP contribution in [-0.4, -0.2) is 78.9 Å². The first-order valence-corrected chi connectivity index (χ1v) is 14.7. The van der Waals surface area contributed by atoms with Crippen LogP contribution in [0.5, 0.6) is 0 Å². The minimum Gasteiger partial charge on any atom is -0.367 e. The SMILES string of the molecule is C/N=C/c1ccc(-n2nc3c(c2NC(=O)CS(C)(=O)=O)C(=O)NC2(C3)CN(c3ccc(C(C)C)cc3)C2)nc1. The van der Waals surface area contributed by atoms with Gasteiger partial charge in [0.15, 0.2) is 21.5 Å². The highest BCUT2D eigenvalue weighted by Crippen LogP contribution is 2.37. The molecule has 0 radical (unpaired) electrons. The van der Waals surface area contributed by atoms with Gasteiger partial charge in [0, 0.05) is 56.5 Å². The second-order valence-electron chi connectivity index (χ2n) is 10.6. The fourth-order valence-corrected chi connectivity index (χ4v) is 5.61. The van der Waals surface area contributed by atoms with Crippen LogP contribution in [0.3, 0.4) is 0 Å². The Morgan fingerprint density at radius 3 is 2.51 bits per heavy atom. The first-order valence-electron chi connectivity index (χ1n) is 12.6. The lowest BCUT2D eigenvalue weighted by Crippen LogP contribution is -2.73. The molecule has 0 saturated carbocycles. The number of benzene rings is 1. The van der Waals surface area contributed by atoms with Gasteiger partial charge in [-0.2, -0.15) is 9.78 Å². The lowest BCUT2D eigenvalue weighted by atomic mass is 9.80. The highest BCUT2D eigenvalue weighted by Gasteiger charge is 2.49. The van der Waals surface area contributed by atoms with Gasteiger partial charge in [-0.1, -0.05) is 26.0 Å². The van der Waals surface area contributed by atoms with Crippen LogP contribution in [-0.2, 0) is 21.1 Å². The van der Waals surface area contributed by atoms with Gasteiger partial charge >= 0.3 is 0 Å². The largest absolute Gasteiger partial charge is 0.367 e. The van der Waals surface area contributed by atoms with E-state index in [1.807, 2.05) is 0 Å². The summed E-state index contributed by atoms with van der Waals surface area (Å²) in [7, 11) is -1.93. The van der Waals surface area contributed by atoms with E-state index in [0.29, 0.717) is 36.9 Å². The van der Waals surface area contributed by atoms with Gasteiger partial charge in [-0.05, 0) is 35.7 Å². The van der Waals surface area contributed by atoms with Crippen LogP contribution in [0.2, 0.25) is 0 Å². The number of carbonyl (C=O) groups excluding carboxylic acids is 2. The molecular weight excluding hydrogens is 518 g/mol. The Morgan fingerprint density at radius 1 is 1.21 bits per heavy atom. The van der Waals surface area contributed by atoms with Crippen LogP contribution < -0.4 is 15.5 Å². The average Bonchev–Trinajstić information content (AvgIpc) is 3.20. The zero-order valence-electron chi connectivity index (χ0n) is 22.3. The number of nitrogens with zero attached hydrogens (tertiary/aromatic N) is 5. The third-order valence-electron chi connectivity index (χ3n) is 6.90. The summed E-state index contributed by atoms with van der Waals surface area (Å²) >= 11 is 0. The number of hydrogen-bond acceptors (Lipinski definition) is 8. The maximum atomic E-state index is 13.4. The predicted octanol–water partition coefficient (Wildman–Crippen LogP) is 1.97. The number of anilines is 2. The van der Waals surface area contributed by atoms with Crippen LogP contribution >= 0.6 is 0 Å². The molecule has 12 heteroatoms. The predicted molar refractivity (Wildman–Crippen MR) is 150 cm³/mol. The van der Waals surface area contributed by atoms with Crippen molar-refractivity contribution in [2.45, 2.75) is 31.7 Å². The molecular formula is C27H31N7O4S.